The van der Waals surface area contributed by atoms with Gasteiger partial charge in [0.2, 0.25) is 0 Å². The molecule has 1 fully saturated rings. The van der Waals surface area contributed by atoms with Gasteiger partial charge in [0.05, 0.1) is 0 Å². The van der Waals surface area contributed by atoms with Gasteiger partial charge in [-0.25, -0.2) is 0 Å². The predicted octanol–water partition coefficient (Wildman–Crippen LogP) is 2.73. The fourth-order valence-corrected chi connectivity index (χ4v) is 2.00. The SMILES string of the molecule is Cc1cccc2cc(CNC3CC3)[nH]c12. The summed E-state index contributed by atoms with van der Waals surface area (Å²) in [5.41, 5.74) is 3.90. The second kappa shape index (κ2) is 3.38. The molecule has 1 aliphatic carbocycles. The molecule has 0 spiro atoms. The summed E-state index contributed by atoms with van der Waals surface area (Å²) in [6, 6.07) is 9.45. The molecule has 15 heavy (non-hydrogen) atoms. The highest BCUT2D eigenvalue weighted by Crippen LogP contribution is 2.21. The van der Waals surface area contributed by atoms with E-state index in [4.69, 9.17) is 0 Å². The van der Waals surface area contributed by atoms with Crippen LogP contribution in [0.5, 0.6) is 0 Å². The Bertz CT molecular complexity index is 480. The third-order valence-corrected chi connectivity index (χ3v) is 3.08. The fourth-order valence-electron chi connectivity index (χ4n) is 2.00. The number of para-hydroxylation sites is 1. The number of benzene rings is 1. The Morgan fingerprint density at radius 1 is 1.40 bits per heavy atom. The van der Waals surface area contributed by atoms with Gasteiger partial charge in [-0.05, 0) is 36.8 Å². The highest BCUT2D eigenvalue weighted by molar-refractivity contribution is 5.83. The van der Waals surface area contributed by atoms with Crippen molar-refractivity contribution in [3.05, 3.63) is 35.5 Å². The zero-order valence-electron chi connectivity index (χ0n) is 9.01. The van der Waals surface area contributed by atoms with E-state index in [9.17, 15) is 0 Å². The summed E-state index contributed by atoms with van der Waals surface area (Å²) in [7, 11) is 0. The lowest BCUT2D eigenvalue weighted by atomic mass is 10.2. The quantitative estimate of drug-likeness (QED) is 0.783. The number of aryl methyl sites for hydroxylation is 1. The van der Waals surface area contributed by atoms with Crippen molar-refractivity contribution in [2.24, 2.45) is 0 Å². The highest BCUT2D eigenvalue weighted by Gasteiger charge is 2.20. The van der Waals surface area contributed by atoms with Gasteiger partial charge in [-0.1, -0.05) is 18.2 Å². The molecule has 1 aromatic heterocycles. The van der Waals surface area contributed by atoms with Crippen LogP contribution in [0, 0.1) is 6.92 Å². The molecule has 1 heterocycles. The minimum absolute atomic E-state index is 0.775. The summed E-state index contributed by atoms with van der Waals surface area (Å²) in [5, 5.41) is 4.84. The molecule has 0 atom stereocenters. The van der Waals surface area contributed by atoms with Gasteiger partial charge in [0, 0.05) is 23.8 Å². The van der Waals surface area contributed by atoms with E-state index in [-0.39, 0.29) is 0 Å². The van der Waals surface area contributed by atoms with Crippen molar-refractivity contribution < 1.29 is 0 Å². The molecule has 0 radical (unpaired) electrons. The highest BCUT2D eigenvalue weighted by atomic mass is 15.0. The van der Waals surface area contributed by atoms with E-state index in [1.807, 2.05) is 0 Å². The topological polar surface area (TPSA) is 27.8 Å². The molecule has 2 N–H and O–H groups in total. The van der Waals surface area contributed by atoms with Crippen LogP contribution in [0.2, 0.25) is 0 Å². The number of aromatic nitrogens is 1. The summed E-state index contributed by atoms with van der Waals surface area (Å²) in [5.74, 6) is 0. The minimum atomic E-state index is 0.775. The van der Waals surface area contributed by atoms with E-state index >= 15 is 0 Å². The van der Waals surface area contributed by atoms with Crippen LogP contribution < -0.4 is 5.32 Å². The van der Waals surface area contributed by atoms with Gasteiger partial charge >= 0.3 is 0 Å². The number of hydrogen-bond donors (Lipinski definition) is 2. The molecule has 0 amide bonds. The van der Waals surface area contributed by atoms with Gasteiger partial charge in [0.25, 0.3) is 0 Å². The van der Waals surface area contributed by atoms with E-state index in [0.29, 0.717) is 0 Å². The first-order valence-electron chi connectivity index (χ1n) is 5.63. The van der Waals surface area contributed by atoms with Crippen LogP contribution >= 0.6 is 0 Å². The molecule has 1 saturated carbocycles. The minimum Gasteiger partial charge on any atom is -0.357 e. The van der Waals surface area contributed by atoms with Crippen molar-refractivity contribution in [2.45, 2.75) is 32.4 Å². The number of nitrogens with one attached hydrogen (secondary N) is 2. The Hall–Kier alpha value is -1.28. The Morgan fingerprint density at radius 3 is 3.00 bits per heavy atom. The molecule has 2 heteroatoms. The van der Waals surface area contributed by atoms with Crippen LogP contribution in [0.3, 0.4) is 0 Å². The Balaban J connectivity index is 1.88. The Kier molecular flexibility index (Phi) is 2.03. The molecule has 0 bridgehead atoms. The van der Waals surface area contributed by atoms with E-state index in [1.54, 1.807) is 0 Å². The lowest BCUT2D eigenvalue weighted by Gasteiger charge is -1.98. The summed E-state index contributed by atoms with van der Waals surface area (Å²) in [6.45, 7) is 3.12. The number of hydrogen-bond acceptors (Lipinski definition) is 1. The van der Waals surface area contributed by atoms with Crippen molar-refractivity contribution in [3.63, 3.8) is 0 Å². The maximum Gasteiger partial charge on any atom is 0.0486 e. The number of aromatic amines is 1. The maximum absolute atomic E-state index is 3.52. The molecule has 3 rings (SSSR count). The number of H-pyrrole nitrogens is 1. The molecular weight excluding hydrogens is 184 g/mol. The van der Waals surface area contributed by atoms with Gasteiger partial charge < -0.3 is 10.3 Å². The van der Waals surface area contributed by atoms with Gasteiger partial charge in [0.1, 0.15) is 0 Å². The summed E-state index contributed by atoms with van der Waals surface area (Å²) in [6.07, 6.45) is 2.69. The third-order valence-electron chi connectivity index (χ3n) is 3.08. The van der Waals surface area contributed by atoms with Crippen molar-refractivity contribution in [1.82, 2.24) is 10.3 Å². The van der Waals surface area contributed by atoms with Gasteiger partial charge in [-0.3, -0.25) is 0 Å². The Labute approximate surface area is 89.7 Å². The molecule has 0 saturated heterocycles. The van der Waals surface area contributed by atoms with Crippen molar-refractivity contribution in [3.8, 4) is 0 Å². The number of fused-ring (bicyclic) bond motifs is 1. The van der Waals surface area contributed by atoms with E-state index in [0.717, 1.165) is 12.6 Å². The van der Waals surface area contributed by atoms with E-state index in [1.165, 1.54) is 35.0 Å². The first-order chi connectivity index (χ1) is 7.33. The molecule has 2 aromatic rings. The average Bonchev–Trinajstić information content (AvgIpc) is 2.95. The zero-order valence-corrected chi connectivity index (χ0v) is 9.01. The lowest BCUT2D eigenvalue weighted by Crippen LogP contribution is -2.15. The van der Waals surface area contributed by atoms with Crippen LogP contribution in [-0.2, 0) is 6.54 Å². The fraction of sp³-hybridized carbons (Fsp3) is 0.385. The summed E-state index contributed by atoms with van der Waals surface area (Å²) >= 11 is 0. The van der Waals surface area contributed by atoms with Crippen molar-refractivity contribution in [1.29, 1.82) is 0 Å². The normalized spacial score (nSPS) is 16.1. The largest absolute Gasteiger partial charge is 0.357 e. The van der Waals surface area contributed by atoms with Crippen molar-refractivity contribution >= 4 is 10.9 Å². The third kappa shape index (κ3) is 1.77. The first-order valence-corrected chi connectivity index (χ1v) is 5.63. The molecule has 0 unspecified atom stereocenters. The monoisotopic (exact) mass is 200 g/mol. The lowest BCUT2D eigenvalue weighted by molar-refractivity contribution is 0.678. The van der Waals surface area contributed by atoms with Crippen LogP contribution in [0.25, 0.3) is 10.9 Å². The van der Waals surface area contributed by atoms with Crippen LogP contribution in [0.15, 0.2) is 24.3 Å². The van der Waals surface area contributed by atoms with Gasteiger partial charge in [0.15, 0.2) is 0 Å². The standard InChI is InChI=1S/C13H16N2/c1-9-3-2-4-10-7-12(15-13(9)10)8-14-11-5-6-11/h2-4,7,11,14-15H,5-6,8H2,1H3. The molecule has 0 aliphatic heterocycles. The molecule has 2 nitrogen and oxygen atoms in total. The number of rotatable bonds is 3. The molecule has 78 valence electrons. The van der Waals surface area contributed by atoms with E-state index < -0.39 is 0 Å². The molecule has 1 aromatic carbocycles. The molecule has 1 aliphatic rings. The van der Waals surface area contributed by atoms with Crippen molar-refractivity contribution in [2.75, 3.05) is 0 Å². The van der Waals surface area contributed by atoms with Crippen LogP contribution in [0.4, 0.5) is 0 Å². The smallest absolute Gasteiger partial charge is 0.0486 e. The van der Waals surface area contributed by atoms with Gasteiger partial charge in [-0.15, -0.1) is 0 Å². The molecular formula is C13H16N2. The summed E-state index contributed by atoms with van der Waals surface area (Å²) in [4.78, 5) is 3.48. The second-order valence-corrected chi connectivity index (χ2v) is 4.49. The average molecular weight is 200 g/mol. The second-order valence-electron chi connectivity index (χ2n) is 4.49. The van der Waals surface area contributed by atoms with Gasteiger partial charge in [-0.2, -0.15) is 0 Å². The van der Waals surface area contributed by atoms with Crippen LogP contribution in [0.1, 0.15) is 24.1 Å². The van der Waals surface area contributed by atoms with E-state index in [2.05, 4.69) is 41.5 Å². The van der Waals surface area contributed by atoms with Crippen LogP contribution in [-0.4, -0.2) is 11.0 Å². The zero-order chi connectivity index (χ0) is 10.3. The predicted molar refractivity (Wildman–Crippen MR) is 62.9 cm³/mol. The maximum atomic E-state index is 3.52. The first kappa shape index (κ1) is 8.98. The Morgan fingerprint density at radius 2 is 2.27 bits per heavy atom. The summed E-state index contributed by atoms with van der Waals surface area (Å²) < 4.78 is 0.